The Morgan fingerprint density at radius 1 is 1.22 bits per heavy atom. The van der Waals surface area contributed by atoms with Crippen molar-refractivity contribution in [3.63, 3.8) is 0 Å². The van der Waals surface area contributed by atoms with Crippen molar-refractivity contribution in [2.45, 2.75) is 30.9 Å². The highest BCUT2D eigenvalue weighted by molar-refractivity contribution is 5.22. The van der Waals surface area contributed by atoms with Gasteiger partial charge in [-0.05, 0) is 24.3 Å². The molecule has 2 rings (SSSR count). The third-order valence-corrected chi connectivity index (χ3v) is 3.73. The molecule has 0 aliphatic heterocycles. The van der Waals surface area contributed by atoms with Crippen molar-refractivity contribution in [2.24, 2.45) is 0 Å². The average Bonchev–Trinajstić information content (AvgIpc) is 2.37. The van der Waals surface area contributed by atoms with E-state index in [0.717, 1.165) is 12.5 Å². The minimum atomic E-state index is 0.158. The van der Waals surface area contributed by atoms with Crippen molar-refractivity contribution in [2.75, 3.05) is 27.4 Å². The zero-order valence-corrected chi connectivity index (χ0v) is 11.3. The van der Waals surface area contributed by atoms with E-state index in [-0.39, 0.29) is 6.10 Å². The summed E-state index contributed by atoms with van der Waals surface area (Å²) in [5.74, 6) is 0.729. The lowest BCUT2D eigenvalue weighted by molar-refractivity contribution is 0.0251. The van der Waals surface area contributed by atoms with Crippen molar-refractivity contribution >= 4 is 0 Å². The van der Waals surface area contributed by atoms with Crippen LogP contribution in [0.5, 0.6) is 0 Å². The van der Waals surface area contributed by atoms with E-state index in [1.54, 1.807) is 14.2 Å². The molecular weight excluding hydrogens is 226 g/mol. The summed E-state index contributed by atoms with van der Waals surface area (Å²) in [5, 5.41) is 3.55. The van der Waals surface area contributed by atoms with Gasteiger partial charge in [-0.2, -0.15) is 0 Å². The minimum Gasteiger partial charge on any atom is -0.382 e. The van der Waals surface area contributed by atoms with Gasteiger partial charge in [-0.1, -0.05) is 30.3 Å². The first-order valence-corrected chi connectivity index (χ1v) is 6.63. The van der Waals surface area contributed by atoms with Crippen LogP contribution in [0.3, 0.4) is 0 Å². The van der Waals surface area contributed by atoms with Crippen molar-refractivity contribution in [1.82, 2.24) is 5.32 Å². The molecule has 1 aromatic carbocycles. The van der Waals surface area contributed by atoms with E-state index in [4.69, 9.17) is 9.47 Å². The molecule has 0 aromatic heterocycles. The number of nitrogens with one attached hydrogen (secondary N) is 1. The highest BCUT2D eigenvalue weighted by Crippen LogP contribution is 2.36. The van der Waals surface area contributed by atoms with Crippen molar-refractivity contribution in [3.05, 3.63) is 35.9 Å². The zero-order chi connectivity index (χ0) is 12.8. The van der Waals surface area contributed by atoms with Crippen molar-refractivity contribution < 1.29 is 9.47 Å². The molecule has 0 amide bonds. The van der Waals surface area contributed by atoms with Gasteiger partial charge in [-0.3, -0.25) is 0 Å². The topological polar surface area (TPSA) is 30.5 Å². The van der Waals surface area contributed by atoms with Gasteiger partial charge in [-0.25, -0.2) is 0 Å². The molecule has 0 heterocycles. The largest absolute Gasteiger partial charge is 0.382 e. The third-order valence-electron chi connectivity index (χ3n) is 3.73. The predicted molar refractivity (Wildman–Crippen MR) is 72.9 cm³/mol. The van der Waals surface area contributed by atoms with Crippen LogP contribution in [-0.4, -0.2) is 39.5 Å². The maximum Gasteiger partial charge on any atom is 0.0928 e. The van der Waals surface area contributed by atoms with Gasteiger partial charge in [0.25, 0.3) is 0 Å². The number of rotatable bonds is 7. The van der Waals surface area contributed by atoms with Crippen LogP contribution in [0.2, 0.25) is 0 Å². The van der Waals surface area contributed by atoms with Gasteiger partial charge in [0.05, 0.1) is 12.7 Å². The van der Waals surface area contributed by atoms with Crippen molar-refractivity contribution in [1.29, 1.82) is 0 Å². The van der Waals surface area contributed by atoms with Crippen LogP contribution < -0.4 is 5.32 Å². The molecular formula is C15H23NO2. The summed E-state index contributed by atoms with van der Waals surface area (Å²) >= 11 is 0. The van der Waals surface area contributed by atoms with E-state index in [9.17, 15) is 0 Å². The number of benzene rings is 1. The lowest BCUT2D eigenvalue weighted by Gasteiger charge is -2.37. The monoisotopic (exact) mass is 249 g/mol. The summed E-state index contributed by atoms with van der Waals surface area (Å²) in [5.41, 5.74) is 1.47. The van der Waals surface area contributed by atoms with Gasteiger partial charge in [-0.15, -0.1) is 0 Å². The summed E-state index contributed by atoms with van der Waals surface area (Å²) < 4.78 is 10.4. The van der Waals surface area contributed by atoms with Crippen LogP contribution in [0.25, 0.3) is 0 Å². The summed E-state index contributed by atoms with van der Waals surface area (Å²) in [7, 11) is 3.44. The number of hydrogen-bond donors (Lipinski definition) is 1. The Balaban J connectivity index is 1.67. The SMILES string of the molecule is COCC(CNC1CC(c2ccccc2)C1)OC. The summed E-state index contributed by atoms with van der Waals surface area (Å²) in [6, 6.07) is 11.4. The minimum absolute atomic E-state index is 0.158. The molecule has 1 aromatic rings. The Kier molecular flexibility index (Phi) is 5.17. The van der Waals surface area contributed by atoms with E-state index in [1.807, 2.05) is 0 Å². The van der Waals surface area contributed by atoms with E-state index in [1.165, 1.54) is 18.4 Å². The predicted octanol–water partition coefficient (Wildman–Crippen LogP) is 2.18. The molecule has 18 heavy (non-hydrogen) atoms. The Labute approximate surface area is 109 Å². The van der Waals surface area contributed by atoms with Crippen LogP contribution in [0, 0.1) is 0 Å². The van der Waals surface area contributed by atoms with Gasteiger partial charge in [0.1, 0.15) is 0 Å². The van der Waals surface area contributed by atoms with Gasteiger partial charge in [0, 0.05) is 26.8 Å². The second-order valence-corrected chi connectivity index (χ2v) is 5.00. The molecule has 1 unspecified atom stereocenters. The van der Waals surface area contributed by atoms with Crippen LogP contribution in [0.1, 0.15) is 24.3 Å². The smallest absolute Gasteiger partial charge is 0.0928 e. The highest BCUT2D eigenvalue weighted by Gasteiger charge is 2.30. The lowest BCUT2D eigenvalue weighted by Crippen LogP contribution is -2.44. The zero-order valence-electron chi connectivity index (χ0n) is 11.3. The van der Waals surface area contributed by atoms with Gasteiger partial charge in [0.2, 0.25) is 0 Å². The fraction of sp³-hybridized carbons (Fsp3) is 0.600. The molecule has 1 aliphatic carbocycles. The quantitative estimate of drug-likeness (QED) is 0.803. The van der Waals surface area contributed by atoms with E-state index < -0.39 is 0 Å². The van der Waals surface area contributed by atoms with Crippen LogP contribution in [0.4, 0.5) is 0 Å². The van der Waals surface area contributed by atoms with Gasteiger partial charge < -0.3 is 14.8 Å². The van der Waals surface area contributed by atoms with E-state index in [2.05, 4.69) is 35.6 Å². The molecule has 0 radical (unpaired) electrons. The lowest BCUT2D eigenvalue weighted by atomic mass is 9.76. The van der Waals surface area contributed by atoms with Crippen LogP contribution >= 0.6 is 0 Å². The molecule has 1 atom stereocenters. The Morgan fingerprint density at radius 3 is 2.56 bits per heavy atom. The highest BCUT2D eigenvalue weighted by atomic mass is 16.5. The van der Waals surface area contributed by atoms with E-state index in [0.29, 0.717) is 12.6 Å². The summed E-state index contributed by atoms with van der Waals surface area (Å²) in [6.07, 6.45) is 2.62. The van der Waals surface area contributed by atoms with E-state index >= 15 is 0 Å². The number of methoxy groups -OCH3 is 2. The second-order valence-electron chi connectivity index (χ2n) is 5.00. The standard InChI is InChI=1S/C15H23NO2/c1-17-11-15(18-2)10-16-14-8-13(9-14)12-6-4-3-5-7-12/h3-7,13-16H,8-11H2,1-2H3. The number of ether oxygens (including phenoxy) is 2. The van der Waals surface area contributed by atoms with Gasteiger partial charge >= 0.3 is 0 Å². The maximum atomic E-state index is 5.33. The molecule has 1 fully saturated rings. The first-order valence-electron chi connectivity index (χ1n) is 6.63. The molecule has 3 heteroatoms. The molecule has 1 aliphatic rings. The van der Waals surface area contributed by atoms with Crippen molar-refractivity contribution in [3.8, 4) is 0 Å². The molecule has 3 nitrogen and oxygen atoms in total. The third kappa shape index (κ3) is 3.55. The Morgan fingerprint density at radius 2 is 1.94 bits per heavy atom. The van der Waals surface area contributed by atoms with Gasteiger partial charge in [0.15, 0.2) is 0 Å². The van der Waals surface area contributed by atoms with Crippen LogP contribution in [0.15, 0.2) is 30.3 Å². The molecule has 0 saturated heterocycles. The van der Waals surface area contributed by atoms with Crippen LogP contribution in [-0.2, 0) is 9.47 Å². The Hall–Kier alpha value is -0.900. The molecule has 1 saturated carbocycles. The first kappa shape index (κ1) is 13.5. The number of hydrogen-bond acceptors (Lipinski definition) is 3. The fourth-order valence-corrected chi connectivity index (χ4v) is 2.48. The molecule has 0 bridgehead atoms. The summed E-state index contributed by atoms with van der Waals surface area (Å²) in [6.45, 7) is 1.52. The fourth-order valence-electron chi connectivity index (χ4n) is 2.48. The molecule has 1 N–H and O–H groups in total. The normalized spacial score (nSPS) is 24.6. The molecule has 0 spiro atoms. The Bertz CT molecular complexity index is 336. The second kappa shape index (κ2) is 6.88. The first-order chi connectivity index (χ1) is 8.83. The average molecular weight is 249 g/mol. The summed E-state index contributed by atoms with van der Waals surface area (Å²) in [4.78, 5) is 0. The molecule has 100 valence electrons. The maximum absolute atomic E-state index is 5.33.